The van der Waals surface area contributed by atoms with Gasteiger partial charge in [0, 0.05) is 38.6 Å². The smallest absolute Gasteiger partial charge is 0.275 e. The Hall–Kier alpha value is -3.34. The Morgan fingerprint density at radius 1 is 1.18 bits per heavy atom. The monoisotopic (exact) mass is 466 g/mol. The topological polar surface area (TPSA) is 122 Å². The Balaban J connectivity index is 1.06. The van der Waals surface area contributed by atoms with Gasteiger partial charge in [0.15, 0.2) is 0 Å². The highest BCUT2D eigenvalue weighted by Gasteiger charge is 2.26. The number of nitrogens with one attached hydrogen (secondary N) is 1. The van der Waals surface area contributed by atoms with Gasteiger partial charge in [-0.1, -0.05) is 0 Å². The Labute approximate surface area is 197 Å². The van der Waals surface area contributed by atoms with E-state index in [2.05, 4.69) is 30.2 Å². The van der Waals surface area contributed by atoms with Gasteiger partial charge < -0.3 is 14.5 Å². The van der Waals surface area contributed by atoms with Gasteiger partial charge in [-0.3, -0.25) is 14.3 Å². The van der Waals surface area contributed by atoms with Gasteiger partial charge in [0.25, 0.3) is 5.56 Å². The van der Waals surface area contributed by atoms with Gasteiger partial charge in [-0.25, -0.2) is 15.1 Å². The lowest BCUT2D eigenvalue weighted by Crippen LogP contribution is -2.49. The Morgan fingerprint density at radius 3 is 2.62 bits per heavy atom. The molecule has 0 radical (unpaired) electrons. The van der Waals surface area contributed by atoms with Crippen molar-refractivity contribution in [2.45, 2.75) is 45.1 Å². The molecule has 1 aliphatic carbocycles. The first-order valence-corrected chi connectivity index (χ1v) is 11.9. The summed E-state index contributed by atoms with van der Waals surface area (Å²) in [4.78, 5) is 37.7. The number of H-pyrrole nitrogens is 1. The van der Waals surface area contributed by atoms with Crippen LogP contribution in [0.25, 0.3) is 10.9 Å². The number of carbonyl (C=O) groups is 1. The maximum absolute atomic E-state index is 12.6. The van der Waals surface area contributed by atoms with Crippen LogP contribution < -0.4 is 10.5 Å². The molecule has 1 atom stereocenters. The van der Waals surface area contributed by atoms with Crippen LogP contribution >= 0.6 is 0 Å². The number of hydrogen-bond acceptors (Lipinski definition) is 8. The lowest BCUT2D eigenvalue weighted by molar-refractivity contribution is -0.132. The number of ether oxygens (including phenoxy) is 1. The van der Waals surface area contributed by atoms with Crippen LogP contribution in [0.1, 0.15) is 49.4 Å². The third-order valence-electron chi connectivity index (χ3n) is 6.56. The van der Waals surface area contributed by atoms with Crippen molar-refractivity contribution in [1.82, 2.24) is 34.8 Å². The average Bonchev–Trinajstić information content (AvgIpc) is 3.65. The molecule has 2 aliphatic rings. The first kappa shape index (κ1) is 22.5. The number of nitrogens with zero attached hydrogens (tertiary/aromatic N) is 7. The van der Waals surface area contributed by atoms with E-state index in [0.717, 1.165) is 19.0 Å². The van der Waals surface area contributed by atoms with E-state index >= 15 is 0 Å². The van der Waals surface area contributed by atoms with Gasteiger partial charge in [-0.15, -0.1) is 0 Å². The van der Waals surface area contributed by atoms with Gasteiger partial charge in [-0.2, -0.15) is 10.2 Å². The van der Waals surface area contributed by atoms with Crippen molar-refractivity contribution >= 4 is 22.8 Å². The summed E-state index contributed by atoms with van der Waals surface area (Å²) in [6, 6.07) is -0.0928. The van der Waals surface area contributed by atoms with E-state index in [4.69, 9.17) is 4.74 Å². The van der Waals surface area contributed by atoms with Crippen molar-refractivity contribution in [3.05, 3.63) is 40.2 Å². The summed E-state index contributed by atoms with van der Waals surface area (Å²) in [5, 5.41) is 11.3. The molecule has 1 saturated carbocycles. The summed E-state index contributed by atoms with van der Waals surface area (Å²) in [6.07, 6.45) is 8.30. The van der Waals surface area contributed by atoms with Crippen LogP contribution in [0.15, 0.2) is 23.4 Å². The Kier molecular flexibility index (Phi) is 6.27. The van der Waals surface area contributed by atoms with Crippen molar-refractivity contribution in [1.29, 1.82) is 0 Å². The first-order valence-electron chi connectivity index (χ1n) is 11.9. The standard InChI is InChI=1S/C23H30N8O3/c1-15(31-19-13-26-27-22(33)21(19)16(2)28-31)14-34-10-5-20(32)29-6-8-30(9-7-29)23-24-11-18(12-25-23)17-3-4-17/h11-13,15,17H,3-10,14H2,1-2H3,(H,27,33). The van der Waals surface area contributed by atoms with Gasteiger partial charge in [0.05, 0.1) is 48.5 Å². The lowest BCUT2D eigenvalue weighted by Gasteiger charge is -2.34. The Bertz CT molecular complexity index is 1210. The zero-order valence-corrected chi connectivity index (χ0v) is 19.6. The van der Waals surface area contributed by atoms with E-state index < -0.39 is 0 Å². The molecular weight excluding hydrogens is 436 g/mol. The second kappa shape index (κ2) is 9.49. The predicted molar refractivity (Wildman–Crippen MR) is 126 cm³/mol. The maximum atomic E-state index is 12.6. The summed E-state index contributed by atoms with van der Waals surface area (Å²) in [5.41, 5.74) is 2.32. The largest absolute Gasteiger partial charge is 0.379 e. The third-order valence-corrected chi connectivity index (χ3v) is 6.56. The molecule has 11 heteroatoms. The highest BCUT2D eigenvalue weighted by atomic mass is 16.5. The van der Waals surface area contributed by atoms with Gasteiger partial charge in [0.2, 0.25) is 11.9 Å². The molecule has 3 aromatic heterocycles. The molecule has 1 aliphatic heterocycles. The summed E-state index contributed by atoms with van der Waals surface area (Å²) in [6.45, 7) is 7.26. The van der Waals surface area contributed by atoms with Crippen LogP contribution in [0.3, 0.4) is 0 Å². The molecule has 1 saturated heterocycles. The number of amides is 1. The van der Waals surface area contributed by atoms with Crippen LogP contribution in [0, 0.1) is 6.92 Å². The van der Waals surface area contributed by atoms with E-state index in [1.807, 2.05) is 24.2 Å². The van der Waals surface area contributed by atoms with E-state index in [1.54, 1.807) is 17.8 Å². The van der Waals surface area contributed by atoms with Crippen molar-refractivity contribution < 1.29 is 9.53 Å². The quantitative estimate of drug-likeness (QED) is 0.495. The SMILES string of the molecule is Cc1nn(C(C)COCCC(=O)N2CCN(c3ncc(C4CC4)cn3)CC2)c2cn[nH]c(=O)c12. The van der Waals surface area contributed by atoms with Crippen LogP contribution in [0.4, 0.5) is 5.95 Å². The second-order valence-corrected chi connectivity index (χ2v) is 9.12. The number of anilines is 1. The minimum absolute atomic E-state index is 0.0911. The fourth-order valence-electron chi connectivity index (χ4n) is 4.43. The van der Waals surface area contributed by atoms with E-state index in [9.17, 15) is 9.59 Å². The summed E-state index contributed by atoms with van der Waals surface area (Å²) >= 11 is 0. The van der Waals surface area contributed by atoms with E-state index in [-0.39, 0.29) is 17.5 Å². The highest BCUT2D eigenvalue weighted by Crippen LogP contribution is 2.39. The molecule has 5 rings (SSSR count). The predicted octanol–water partition coefficient (Wildman–Crippen LogP) is 1.41. The molecule has 2 fully saturated rings. The van der Waals surface area contributed by atoms with Gasteiger partial charge in [-0.05, 0) is 38.2 Å². The molecule has 1 N–H and O–H groups in total. The normalized spacial score (nSPS) is 17.4. The Morgan fingerprint density at radius 2 is 1.91 bits per heavy atom. The summed E-state index contributed by atoms with van der Waals surface area (Å²) in [7, 11) is 0. The van der Waals surface area contributed by atoms with Crippen molar-refractivity contribution in [2.75, 3.05) is 44.3 Å². The maximum Gasteiger partial charge on any atom is 0.275 e. The van der Waals surface area contributed by atoms with Crippen LogP contribution in [-0.4, -0.2) is 80.1 Å². The molecule has 1 unspecified atom stereocenters. The number of hydrogen-bond donors (Lipinski definition) is 1. The van der Waals surface area contributed by atoms with Crippen LogP contribution in [0.5, 0.6) is 0 Å². The van der Waals surface area contributed by atoms with Crippen molar-refractivity contribution in [3.63, 3.8) is 0 Å². The summed E-state index contributed by atoms with van der Waals surface area (Å²) in [5.74, 6) is 1.49. The average molecular weight is 467 g/mol. The van der Waals surface area contributed by atoms with E-state index in [1.165, 1.54) is 18.4 Å². The fourth-order valence-corrected chi connectivity index (χ4v) is 4.43. The lowest BCUT2D eigenvalue weighted by atomic mass is 10.2. The number of aromatic amines is 1. The van der Waals surface area contributed by atoms with Crippen molar-refractivity contribution in [2.24, 2.45) is 0 Å². The van der Waals surface area contributed by atoms with Crippen molar-refractivity contribution in [3.8, 4) is 0 Å². The van der Waals surface area contributed by atoms with Gasteiger partial charge in [0.1, 0.15) is 0 Å². The number of carbonyl (C=O) groups excluding carboxylic acids is 1. The fraction of sp³-hybridized carbons (Fsp3) is 0.565. The molecule has 11 nitrogen and oxygen atoms in total. The highest BCUT2D eigenvalue weighted by molar-refractivity contribution is 5.79. The summed E-state index contributed by atoms with van der Waals surface area (Å²) < 4.78 is 7.54. The molecule has 0 spiro atoms. The third kappa shape index (κ3) is 4.65. The molecule has 0 bridgehead atoms. The van der Waals surface area contributed by atoms with Crippen LogP contribution in [0.2, 0.25) is 0 Å². The number of aromatic nitrogens is 6. The molecule has 3 aromatic rings. The number of rotatable bonds is 8. The molecular formula is C23H30N8O3. The molecule has 0 aromatic carbocycles. The number of fused-ring (bicyclic) bond motifs is 1. The van der Waals surface area contributed by atoms with Crippen LogP contribution in [-0.2, 0) is 9.53 Å². The number of piperazine rings is 1. The second-order valence-electron chi connectivity index (χ2n) is 9.12. The molecule has 4 heterocycles. The molecule has 34 heavy (non-hydrogen) atoms. The first-order chi connectivity index (χ1) is 16.5. The molecule has 180 valence electrons. The minimum atomic E-state index is -0.248. The minimum Gasteiger partial charge on any atom is -0.379 e. The molecule has 1 amide bonds. The zero-order valence-electron chi connectivity index (χ0n) is 19.6. The van der Waals surface area contributed by atoms with E-state index in [0.29, 0.717) is 55.2 Å². The zero-order chi connectivity index (χ0) is 23.7. The number of aryl methyl sites for hydroxylation is 1. The van der Waals surface area contributed by atoms with Gasteiger partial charge >= 0.3 is 0 Å².